The Bertz CT molecular complexity index is 580. The van der Waals surface area contributed by atoms with Crippen LogP contribution in [0.3, 0.4) is 0 Å². The number of nitrogens with zero attached hydrogens (tertiary/aromatic N) is 1. The lowest BCUT2D eigenvalue weighted by Gasteiger charge is -2.30. The molecular weight excluding hydrogens is 316 g/mol. The molecule has 1 saturated heterocycles. The SMILES string of the molecule is COC(CNC(=O)C1CCCN1C(=O)Cc1ccccc1)C(C)(C)C. The molecule has 1 aromatic rings. The standard InChI is InChI=1S/C20H30N2O3/c1-20(2,3)17(25-4)14-21-19(24)16-11-8-12-22(16)18(23)13-15-9-6-5-7-10-15/h5-7,9-10,16-17H,8,11-14H2,1-4H3,(H,21,24). The monoisotopic (exact) mass is 346 g/mol. The zero-order valence-corrected chi connectivity index (χ0v) is 15.7. The highest BCUT2D eigenvalue weighted by Gasteiger charge is 2.34. The molecule has 5 heteroatoms. The molecule has 138 valence electrons. The molecule has 2 unspecified atom stereocenters. The first-order valence-corrected chi connectivity index (χ1v) is 8.97. The molecule has 0 spiro atoms. The van der Waals surface area contributed by atoms with Gasteiger partial charge in [-0.2, -0.15) is 0 Å². The van der Waals surface area contributed by atoms with E-state index in [1.54, 1.807) is 12.0 Å². The lowest BCUT2D eigenvalue weighted by Crippen LogP contribution is -2.49. The average Bonchev–Trinajstić information content (AvgIpc) is 3.04. The molecule has 1 N–H and O–H groups in total. The third kappa shape index (κ3) is 5.30. The minimum Gasteiger partial charge on any atom is -0.379 e. The number of nitrogens with one attached hydrogen (secondary N) is 1. The van der Waals surface area contributed by atoms with Crippen molar-refractivity contribution >= 4 is 11.8 Å². The summed E-state index contributed by atoms with van der Waals surface area (Å²) in [4.78, 5) is 26.9. The quantitative estimate of drug-likeness (QED) is 0.860. The first-order chi connectivity index (χ1) is 11.8. The molecule has 5 nitrogen and oxygen atoms in total. The van der Waals surface area contributed by atoms with Crippen molar-refractivity contribution in [1.29, 1.82) is 0 Å². The van der Waals surface area contributed by atoms with E-state index in [-0.39, 0.29) is 29.4 Å². The lowest BCUT2D eigenvalue weighted by molar-refractivity contribution is -0.138. The van der Waals surface area contributed by atoms with Gasteiger partial charge in [-0.1, -0.05) is 51.1 Å². The van der Waals surface area contributed by atoms with Crippen molar-refractivity contribution in [3.8, 4) is 0 Å². The maximum absolute atomic E-state index is 12.6. The summed E-state index contributed by atoms with van der Waals surface area (Å²) in [5.74, 6) is -0.0619. The fourth-order valence-electron chi connectivity index (χ4n) is 3.26. The second-order valence-electron chi connectivity index (χ2n) is 7.74. The van der Waals surface area contributed by atoms with Crippen molar-refractivity contribution in [3.05, 3.63) is 35.9 Å². The molecule has 1 aromatic carbocycles. The summed E-state index contributed by atoms with van der Waals surface area (Å²) in [6.07, 6.45) is 1.87. The van der Waals surface area contributed by atoms with Gasteiger partial charge in [-0.15, -0.1) is 0 Å². The molecule has 1 fully saturated rings. The van der Waals surface area contributed by atoms with Crippen molar-refractivity contribution in [2.45, 2.75) is 52.2 Å². The summed E-state index contributed by atoms with van der Waals surface area (Å²) in [5, 5.41) is 2.97. The normalized spacial score (nSPS) is 18.9. The molecule has 0 aliphatic carbocycles. The van der Waals surface area contributed by atoms with Gasteiger partial charge in [0.25, 0.3) is 0 Å². The van der Waals surface area contributed by atoms with Gasteiger partial charge in [-0.3, -0.25) is 9.59 Å². The molecule has 1 aliphatic rings. The summed E-state index contributed by atoms with van der Waals surface area (Å²) >= 11 is 0. The second-order valence-corrected chi connectivity index (χ2v) is 7.74. The average molecular weight is 346 g/mol. The van der Waals surface area contributed by atoms with Crippen LogP contribution in [-0.4, -0.2) is 49.1 Å². The number of amides is 2. The van der Waals surface area contributed by atoms with Gasteiger partial charge in [-0.25, -0.2) is 0 Å². The van der Waals surface area contributed by atoms with Crippen molar-refractivity contribution < 1.29 is 14.3 Å². The van der Waals surface area contributed by atoms with Crippen LogP contribution in [-0.2, 0) is 20.7 Å². The van der Waals surface area contributed by atoms with Gasteiger partial charge in [0, 0.05) is 20.2 Å². The molecular formula is C20H30N2O3. The van der Waals surface area contributed by atoms with Crippen molar-refractivity contribution in [2.75, 3.05) is 20.2 Å². The smallest absolute Gasteiger partial charge is 0.242 e. The van der Waals surface area contributed by atoms with Crippen LogP contribution in [0.4, 0.5) is 0 Å². The van der Waals surface area contributed by atoms with Crippen LogP contribution in [0.1, 0.15) is 39.2 Å². The second kappa shape index (κ2) is 8.48. The number of benzene rings is 1. The molecule has 1 heterocycles. The fourth-order valence-corrected chi connectivity index (χ4v) is 3.26. The maximum atomic E-state index is 12.6. The molecule has 2 rings (SSSR count). The summed E-state index contributed by atoms with van der Waals surface area (Å²) in [5.41, 5.74) is 0.922. The van der Waals surface area contributed by atoms with Gasteiger partial charge < -0.3 is 15.0 Å². The predicted molar refractivity (Wildman–Crippen MR) is 98.1 cm³/mol. The molecule has 0 saturated carbocycles. The van der Waals surface area contributed by atoms with Gasteiger partial charge >= 0.3 is 0 Å². The van der Waals surface area contributed by atoms with Gasteiger partial charge in [0.15, 0.2) is 0 Å². The van der Waals surface area contributed by atoms with Crippen LogP contribution in [0.2, 0.25) is 0 Å². The molecule has 2 atom stereocenters. The Kier molecular flexibility index (Phi) is 6.59. The number of rotatable bonds is 6. The summed E-state index contributed by atoms with van der Waals surface area (Å²) < 4.78 is 5.49. The van der Waals surface area contributed by atoms with E-state index in [2.05, 4.69) is 26.1 Å². The van der Waals surface area contributed by atoms with E-state index in [9.17, 15) is 9.59 Å². The first kappa shape index (κ1) is 19.4. The van der Waals surface area contributed by atoms with E-state index in [0.717, 1.165) is 18.4 Å². The molecule has 2 amide bonds. The van der Waals surface area contributed by atoms with Gasteiger partial charge in [0.05, 0.1) is 12.5 Å². The van der Waals surface area contributed by atoms with Gasteiger partial charge in [-0.05, 0) is 23.8 Å². The Labute approximate surface area is 150 Å². The largest absolute Gasteiger partial charge is 0.379 e. The van der Waals surface area contributed by atoms with Crippen LogP contribution in [0, 0.1) is 5.41 Å². The molecule has 25 heavy (non-hydrogen) atoms. The molecule has 0 bridgehead atoms. The molecule has 0 aromatic heterocycles. The third-order valence-corrected chi connectivity index (χ3v) is 4.79. The Morgan fingerprint density at radius 3 is 2.56 bits per heavy atom. The van der Waals surface area contributed by atoms with Crippen LogP contribution in [0.25, 0.3) is 0 Å². The van der Waals surface area contributed by atoms with Crippen LogP contribution in [0.15, 0.2) is 30.3 Å². The van der Waals surface area contributed by atoms with Crippen LogP contribution >= 0.6 is 0 Å². The van der Waals surface area contributed by atoms with Gasteiger partial charge in [0.1, 0.15) is 6.04 Å². The number of hydrogen-bond donors (Lipinski definition) is 1. The van der Waals surface area contributed by atoms with E-state index >= 15 is 0 Å². The zero-order valence-electron chi connectivity index (χ0n) is 15.7. The van der Waals surface area contributed by atoms with Crippen molar-refractivity contribution in [1.82, 2.24) is 10.2 Å². The molecule has 1 aliphatic heterocycles. The minimum absolute atomic E-state index is 0.0166. The zero-order chi connectivity index (χ0) is 18.4. The summed E-state index contributed by atoms with van der Waals surface area (Å²) in [6.45, 7) is 7.35. The number of carbonyl (C=O) groups excluding carboxylic acids is 2. The number of carbonyl (C=O) groups is 2. The Balaban J connectivity index is 1.93. The maximum Gasteiger partial charge on any atom is 0.242 e. The minimum atomic E-state index is -0.367. The van der Waals surface area contributed by atoms with E-state index in [4.69, 9.17) is 4.74 Å². The number of ether oxygens (including phenoxy) is 1. The highest BCUT2D eigenvalue weighted by molar-refractivity contribution is 5.89. The Morgan fingerprint density at radius 2 is 1.96 bits per heavy atom. The predicted octanol–water partition coefficient (Wildman–Crippen LogP) is 2.40. The third-order valence-electron chi connectivity index (χ3n) is 4.79. The van der Waals surface area contributed by atoms with E-state index in [1.807, 2.05) is 30.3 Å². The van der Waals surface area contributed by atoms with Gasteiger partial charge in [0.2, 0.25) is 11.8 Å². The summed E-state index contributed by atoms with van der Waals surface area (Å²) in [7, 11) is 1.66. The number of likely N-dealkylation sites (tertiary alicyclic amines) is 1. The number of methoxy groups -OCH3 is 1. The van der Waals surface area contributed by atoms with Crippen LogP contribution in [0.5, 0.6) is 0 Å². The van der Waals surface area contributed by atoms with E-state index in [1.165, 1.54) is 0 Å². The highest BCUT2D eigenvalue weighted by atomic mass is 16.5. The highest BCUT2D eigenvalue weighted by Crippen LogP contribution is 2.22. The number of hydrogen-bond acceptors (Lipinski definition) is 3. The Hall–Kier alpha value is -1.88. The van der Waals surface area contributed by atoms with E-state index < -0.39 is 0 Å². The van der Waals surface area contributed by atoms with Crippen molar-refractivity contribution in [3.63, 3.8) is 0 Å². The van der Waals surface area contributed by atoms with Crippen LogP contribution < -0.4 is 5.32 Å². The fraction of sp³-hybridized carbons (Fsp3) is 0.600. The molecule has 0 radical (unpaired) electrons. The summed E-state index contributed by atoms with van der Waals surface area (Å²) in [6, 6.07) is 9.29. The first-order valence-electron chi connectivity index (χ1n) is 8.97. The van der Waals surface area contributed by atoms with E-state index in [0.29, 0.717) is 19.5 Å². The van der Waals surface area contributed by atoms with Crippen molar-refractivity contribution in [2.24, 2.45) is 5.41 Å². The lowest BCUT2D eigenvalue weighted by atomic mass is 9.89. The topological polar surface area (TPSA) is 58.6 Å². The Morgan fingerprint density at radius 1 is 1.28 bits per heavy atom.